The maximum absolute atomic E-state index is 12.9. The Morgan fingerprint density at radius 3 is 2.77 bits per heavy atom. The molecular formula is C23H14Cl2N2O4. The summed E-state index contributed by atoms with van der Waals surface area (Å²) in [7, 11) is 0. The topological polar surface area (TPSA) is 85.3 Å². The number of fused-ring (bicyclic) bond motifs is 2. The Morgan fingerprint density at radius 2 is 1.97 bits per heavy atom. The Kier molecular flexibility index (Phi) is 4.68. The lowest BCUT2D eigenvalue weighted by Gasteiger charge is -2.06. The lowest BCUT2D eigenvalue weighted by atomic mass is 10.1. The summed E-state index contributed by atoms with van der Waals surface area (Å²) < 4.78 is 7.54. The van der Waals surface area contributed by atoms with E-state index >= 15 is 0 Å². The number of benzene rings is 2. The number of halogens is 2. The molecule has 2 aromatic heterocycles. The van der Waals surface area contributed by atoms with E-state index in [0.717, 1.165) is 5.57 Å². The molecule has 1 aliphatic heterocycles. The smallest absolute Gasteiger partial charge is 0.335 e. The first-order valence-electron chi connectivity index (χ1n) is 9.45. The monoisotopic (exact) mass is 452 g/mol. The molecule has 0 fully saturated rings. The average Bonchev–Trinajstić information content (AvgIpc) is 3.37. The van der Waals surface area contributed by atoms with Gasteiger partial charge in [-0.05, 0) is 61.0 Å². The van der Waals surface area contributed by atoms with E-state index in [1.807, 2.05) is 12.1 Å². The molecule has 154 valence electrons. The van der Waals surface area contributed by atoms with Crippen molar-refractivity contribution in [2.24, 2.45) is 0 Å². The van der Waals surface area contributed by atoms with Gasteiger partial charge in [-0.15, -0.1) is 0 Å². The Morgan fingerprint density at radius 1 is 1.13 bits per heavy atom. The summed E-state index contributed by atoms with van der Waals surface area (Å²) in [6.45, 7) is 0.497. The number of aromatic nitrogens is 2. The highest BCUT2D eigenvalue weighted by Gasteiger charge is 2.22. The number of hydrogen-bond acceptors (Lipinski definition) is 4. The Labute approximate surface area is 186 Å². The molecule has 8 heteroatoms. The summed E-state index contributed by atoms with van der Waals surface area (Å²) in [4.78, 5) is 28.7. The number of hydrogen-bond donors (Lipinski definition) is 1. The maximum Gasteiger partial charge on any atom is 0.335 e. The van der Waals surface area contributed by atoms with Crippen molar-refractivity contribution in [3.63, 3.8) is 0 Å². The van der Waals surface area contributed by atoms with Crippen LogP contribution in [0.2, 0.25) is 10.0 Å². The van der Waals surface area contributed by atoms with Crippen molar-refractivity contribution in [1.82, 2.24) is 9.55 Å². The zero-order chi connectivity index (χ0) is 21.7. The van der Waals surface area contributed by atoms with Crippen molar-refractivity contribution in [3.05, 3.63) is 86.1 Å². The Hall–Kier alpha value is -3.35. The van der Waals surface area contributed by atoms with Crippen LogP contribution in [0.3, 0.4) is 0 Å². The molecule has 1 N–H and O–H groups in total. The van der Waals surface area contributed by atoms with E-state index in [-0.39, 0.29) is 11.1 Å². The van der Waals surface area contributed by atoms with Gasteiger partial charge in [0.15, 0.2) is 0 Å². The van der Waals surface area contributed by atoms with Crippen molar-refractivity contribution < 1.29 is 14.3 Å². The number of carboxylic acids is 1. The SMILES string of the molecule is O=C(O)c1ccc2c(=O)n3c(nc2c1)/C(=C/c1ccc(-c2cc(Cl)ccc2Cl)o1)CC3. The second kappa shape index (κ2) is 7.41. The Balaban J connectivity index is 1.58. The first kappa shape index (κ1) is 19.6. The second-order valence-electron chi connectivity index (χ2n) is 7.18. The highest BCUT2D eigenvalue weighted by molar-refractivity contribution is 6.35. The van der Waals surface area contributed by atoms with Crippen molar-refractivity contribution in [3.8, 4) is 11.3 Å². The quantitative estimate of drug-likeness (QED) is 0.436. The predicted octanol–water partition coefficient (Wildman–Crippen LogP) is 5.61. The molecule has 0 bridgehead atoms. The summed E-state index contributed by atoms with van der Waals surface area (Å²) in [6, 6.07) is 13.1. The van der Waals surface area contributed by atoms with Crippen LogP contribution >= 0.6 is 23.2 Å². The van der Waals surface area contributed by atoms with E-state index in [2.05, 4.69) is 4.98 Å². The van der Waals surface area contributed by atoms with Gasteiger partial charge in [0.1, 0.15) is 17.3 Å². The molecule has 0 amide bonds. The number of aromatic carboxylic acids is 1. The molecular weight excluding hydrogens is 439 g/mol. The van der Waals surface area contributed by atoms with E-state index < -0.39 is 5.97 Å². The van der Waals surface area contributed by atoms with Crippen LogP contribution in [0, 0.1) is 0 Å². The van der Waals surface area contributed by atoms with Gasteiger partial charge in [0, 0.05) is 22.7 Å². The molecule has 31 heavy (non-hydrogen) atoms. The minimum Gasteiger partial charge on any atom is -0.478 e. The molecule has 3 heterocycles. The van der Waals surface area contributed by atoms with Crippen LogP contribution in [0.15, 0.2) is 57.7 Å². The Bertz CT molecular complexity index is 1470. The van der Waals surface area contributed by atoms with Gasteiger partial charge in [0.25, 0.3) is 5.56 Å². The molecule has 4 aromatic rings. The molecule has 0 atom stereocenters. The average molecular weight is 453 g/mol. The van der Waals surface area contributed by atoms with Gasteiger partial charge in [-0.25, -0.2) is 9.78 Å². The van der Waals surface area contributed by atoms with Gasteiger partial charge >= 0.3 is 5.97 Å². The minimum atomic E-state index is -1.07. The number of nitrogens with zero attached hydrogens (tertiary/aromatic N) is 2. The molecule has 0 saturated heterocycles. The fourth-order valence-electron chi connectivity index (χ4n) is 3.72. The van der Waals surface area contributed by atoms with Crippen LogP contribution in [0.25, 0.3) is 33.9 Å². The molecule has 0 aliphatic carbocycles. The molecule has 1 aliphatic rings. The molecule has 0 radical (unpaired) electrons. The lowest BCUT2D eigenvalue weighted by Crippen LogP contribution is -2.20. The van der Waals surface area contributed by atoms with E-state index in [0.29, 0.717) is 56.8 Å². The number of rotatable bonds is 3. The fraction of sp³-hybridized carbons (Fsp3) is 0.0870. The zero-order valence-corrected chi connectivity index (χ0v) is 17.4. The third kappa shape index (κ3) is 3.44. The lowest BCUT2D eigenvalue weighted by molar-refractivity contribution is 0.0697. The summed E-state index contributed by atoms with van der Waals surface area (Å²) in [5.41, 5.74) is 1.77. The first-order chi connectivity index (χ1) is 14.9. The molecule has 2 aromatic carbocycles. The largest absolute Gasteiger partial charge is 0.478 e. The summed E-state index contributed by atoms with van der Waals surface area (Å²) >= 11 is 12.3. The van der Waals surface area contributed by atoms with Crippen LogP contribution in [-0.4, -0.2) is 20.6 Å². The number of carbonyl (C=O) groups is 1. The molecule has 5 rings (SSSR count). The third-order valence-corrected chi connectivity index (χ3v) is 5.80. The molecule has 0 unspecified atom stereocenters. The van der Waals surface area contributed by atoms with Gasteiger partial charge in [-0.1, -0.05) is 23.2 Å². The maximum atomic E-state index is 12.9. The van der Waals surface area contributed by atoms with Crippen LogP contribution in [0.4, 0.5) is 0 Å². The van der Waals surface area contributed by atoms with Gasteiger partial charge in [0.05, 0.1) is 21.5 Å². The van der Waals surface area contributed by atoms with E-state index in [4.69, 9.17) is 27.6 Å². The highest BCUT2D eigenvalue weighted by Crippen LogP contribution is 2.34. The van der Waals surface area contributed by atoms with E-state index in [1.165, 1.54) is 18.2 Å². The fourth-order valence-corrected chi connectivity index (χ4v) is 4.10. The summed E-state index contributed by atoms with van der Waals surface area (Å²) in [5, 5.41) is 10.7. The van der Waals surface area contributed by atoms with Crippen molar-refractivity contribution in [1.29, 1.82) is 0 Å². The minimum absolute atomic E-state index is 0.0851. The second-order valence-corrected chi connectivity index (χ2v) is 8.02. The summed E-state index contributed by atoms with van der Waals surface area (Å²) in [5.74, 6) is 0.608. The number of carboxylic acid groups (broad SMARTS) is 1. The van der Waals surface area contributed by atoms with E-state index in [9.17, 15) is 14.7 Å². The van der Waals surface area contributed by atoms with Crippen LogP contribution in [-0.2, 0) is 6.54 Å². The molecule has 0 spiro atoms. The number of furan rings is 1. The first-order valence-corrected chi connectivity index (χ1v) is 10.2. The van der Waals surface area contributed by atoms with Crippen molar-refractivity contribution in [2.45, 2.75) is 13.0 Å². The third-order valence-electron chi connectivity index (χ3n) is 5.23. The van der Waals surface area contributed by atoms with Crippen molar-refractivity contribution >= 4 is 51.7 Å². The normalized spacial score (nSPS) is 14.3. The standard InChI is InChI=1S/C23H14Cl2N2O4/c24-14-2-5-18(25)17(11-14)20-6-3-15(31-20)9-12-7-8-27-21(12)26-19-10-13(23(29)30)1-4-16(19)22(27)28/h1-6,9-11H,7-8H2,(H,29,30)/b12-9+. The zero-order valence-electron chi connectivity index (χ0n) is 15.9. The number of allylic oxidation sites excluding steroid dienone is 1. The molecule has 0 saturated carbocycles. The van der Waals surface area contributed by atoms with Crippen LogP contribution < -0.4 is 5.56 Å². The van der Waals surface area contributed by atoms with Gasteiger partial charge in [0.2, 0.25) is 0 Å². The van der Waals surface area contributed by atoms with Crippen LogP contribution in [0.1, 0.15) is 28.4 Å². The van der Waals surface area contributed by atoms with E-state index in [1.54, 1.807) is 28.8 Å². The van der Waals surface area contributed by atoms with Gasteiger partial charge in [-0.2, -0.15) is 0 Å². The highest BCUT2D eigenvalue weighted by atomic mass is 35.5. The van der Waals surface area contributed by atoms with Gasteiger partial charge < -0.3 is 9.52 Å². The summed E-state index contributed by atoms with van der Waals surface area (Å²) in [6.07, 6.45) is 2.44. The van der Waals surface area contributed by atoms with Crippen molar-refractivity contribution in [2.75, 3.05) is 0 Å². The van der Waals surface area contributed by atoms with Gasteiger partial charge in [-0.3, -0.25) is 9.36 Å². The molecule has 6 nitrogen and oxygen atoms in total. The predicted molar refractivity (Wildman–Crippen MR) is 120 cm³/mol. The van der Waals surface area contributed by atoms with Crippen LogP contribution in [0.5, 0.6) is 0 Å².